The Bertz CT molecular complexity index is 240. The van der Waals surface area contributed by atoms with Crippen LogP contribution in [0, 0.1) is 6.92 Å². The van der Waals surface area contributed by atoms with Gasteiger partial charge in [0.15, 0.2) is 0 Å². The minimum atomic E-state index is -0.154. The quantitative estimate of drug-likeness (QED) is 0.624. The van der Waals surface area contributed by atoms with E-state index in [2.05, 4.69) is 12.2 Å². The van der Waals surface area contributed by atoms with Crippen LogP contribution in [0.3, 0.4) is 0 Å². The molecule has 0 saturated heterocycles. The van der Waals surface area contributed by atoms with Gasteiger partial charge >= 0.3 is 0 Å². The molecule has 1 aromatic heterocycles. The topological polar surface area (TPSA) is 42.2 Å². The van der Waals surface area contributed by atoms with Crippen molar-refractivity contribution in [3.63, 3.8) is 0 Å². The molecule has 3 nitrogen and oxygen atoms in total. The van der Waals surface area contributed by atoms with Crippen LogP contribution in [0.4, 0.5) is 0 Å². The number of hydrogen-bond acceptors (Lipinski definition) is 2. The van der Waals surface area contributed by atoms with Crippen LogP contribution in [0.5, 0.6) is 0 Å². The van der Waals surface area contributed by atoms with Crippen LogP contribution < -0.4 is 5.32 Å². The van der Waals surface area contributed by atoms with Gasteiger partial charge in [-0.05, 0) is 6.07 Å². The fourth-order valence-electron chi connectivity index (χ4n) is 0.644. The number of furan rings is 1. The fraction of sp³-hybridized carbons (Fsp3) is 0.143. The molecular formula is C7H8NO2. The minimum absolute atomic E-state index is 0.154. The third-order valence-corrected chi connectivity index (χ3v) is 1.14. The molecule has 0 bridgehead atoms. The van der Waals surface area contributed by atoms with Crippen LogP contribution in [-0.4, -0.2) is 13.0 Å². The number of nitrogens with one attached hydrogen (secondary N) is 1. The highest BCUT2D eigenvalue weighted by Gasteiger charge is 2.04. The first-order valence-electron chi connectivity index (χ1n) is 2.86. The smallest absolute Gasteiger partial charge is 0.254 e. The molecule has 0 saturated carbocycles. The molecular weight excluding hydrogens is 130 g/mol. The highest BCUT2D eigenvalue weighted by atomic mass is 16.3. The van der Waals surface area contributed by atoms with Crippen molar-refractivity contribution in [3.8, 4) is 0 Å². The third-order valence-electron chi connectivity index (χ3n) is 1.14. The molecule has 10 heavy (non-hydrogen) atoms. The van der Waals surface area contributed by atoms with Gasteiger partial charge in [0.2, 0.25) is 0 Å². The molecule has 0 aliphatic rings. The lowest BCUT2D eigenvalue weighted by molar-refractivity contribution is 0.0962. The van der Waals surface area contributed by atoms with Gasteiger partial charge in [0.25, 0.3) is 5.91 Å². The maximum Gasteiger partial charge on any atom is 0.254 e. The Morgan fingerprint density at radius 3 is 2.90 bits per heavy atom. The number of carbonyl (C=O) groups excluding carboxylic acids is 1. The van der Waals surface area contributed by atoms with Crippen molar-refractivity contribution < 1.29 is 9.21 Å². The van der Waals surface area contributed by atoms with Crippen LogP contribution in [0.25, 0.3) is 0 Å². The Kier molecular flexibility index (Phi) is 1.76. The van der Waals surface area contributed by atoms with Gasteiger partial charge in [-0.3, -0.25) is 4.79 Å². The van der Waals surface area contributed by atoms with E-state index in [9.17, 15) is 4.79 Å². The summed E-state index contributed by atoms with van der Waals surface area (Å²) >= 11 is 0. The number of carbonyl (C=O) groups is 1. The standard InChI is InChI=1S/C7H8NO2/c1-5-3-6(4-10-5)7(9)8-2/h3-4H,1H2,2H3,(H,8,9). The molecule has 0 unspecified atom stereocenters. The summed E-state index contributed by atoms with van der Waals surface area (Å²) in [7, 11) is 1.57. The van der Waals surface area contributed by atoms with E-state index in [0.717, 1.165) is 0 Å². The third kappa shape index (κ3) is 1.18. The van der Waals surface area contributed by atoms with E-state index in [1.807, 2.05) is 0 Å². The molecule has 0 aliphatic heterocycles. The average molecular weight is 138 g/mol. The number of rotatable bonds is 1. The molecule has 1 aromatic rings. The maximum absolute atomic E-state index is 10.8. The Balaban J connectivity index is 2.85. The fourth-order valence-corrected chi connectivity index (χ4v) is 0.644. The Hall–Kier alpha value is -1.25. The van der Waals surface area contributed by atoms with E-state index in [0.29, 0.717) is 11.3 Å². The van der Waals surface area contributed by atoms with E-state index in [4.69, 9.17) is 4.42 Å². The summed E-state index contributed by atoms with van der Waals surface area (Å²) in [6.45, 7) is 3.51. The van der Waals surface area contributed by atoms with Crippen molar-refractivity contribution >= 4 is 5.91 Å². The summed E-state index contributed by atoms with van der Waals surface area (Å²) < 4.78 is 4.82. The molecule has 0 fully saturated rings. The van der Waals surface area contributed by atoms with E-state index in [1.54, 1.807) is 13.1 Å². The predicted octanol–water partition coefficient (Wildman–Crippen LogP) is 0.821. The minimum Gasteiger partial charge on any atom is -0.468 e. The van der Waals surface area contributed by atoms with Gasteiger partial charge in [-0.1, -0.05) is 0 Å². The van der Waals surface area contributed by atoms with Crippen LogP contribution in [0.15, 0.2) is 16.7 Å². The zero-order valence-electron chi connectivity index (χ0n) is 5.68. The summed E-state index contributed by atoms with van der Waals surface area (Å²) in [6.07, 6.45) is 1.38. The molecule has 53 valence electrons. The van der Waals surface area contributed by atoms with E-state index in [-0.39, 0.29) is 5.91 Å². The monoisotopic (exact) mass is 138 g/mol. The summed E-state index contributed by atoms with van der Waals surface area (Å²) in [5.41, 5.74) is 0.507. The molecule has 1 heterocycles. The van der Waals surface area contributed by atoms with Gasteiger partial charge < -0.3 is 9.73 Å². The lowest BCUT2D eigenvalue weighted by atomic mass is 10.3. The van der Waals surface area contributed by atoms with Crippen LogP contribution >= 0.6 is 0 Å². The molecule has 0 aliphatic carbocycles. The first-order valence-corrected chi connectivity index (χ1v) is 2.86. The molecule has 1 rings (SSSR count). The maximum atomic E-state index is 10.8. The van der Waals surface area contributed by atoms with E-state index >= 15 is 0 Å². The molecule has 1 amide bonds. The van der Waals surface area contributed by atoms with Crippen molar-refractivity contribution in [2.45, 2.75) is 0 Å². The Morgan fingerprint density at radius 2 is 2.50 bits per heavy atom. The van der Waals surface area contributed by atoms with Crippen LogP contribution in [0.2, 0.25) is 0 Å². The van der Waals surface area contributed by atoms with Gasteiger partial charge in [0, 0.05) is 14.0 Å². The van der Waals surface area contributed by atoms with Gasteiger partial charge in [-0.15, -0.1) is 0 Å². The van der Waals surface area contributed by atoms with Crippen molar-refractivity contribution in [2.24, 2.45) is 0 Å². The summed E-state index contributed by atoms with van der Waals surface area (Å²) in [6, 6.07) is 1.58. The van der Waals surface area contributed by atoms with Gasteiger partial charge in [0.1, 0.15) is 12.0 Å². The lowest BCUT2D eigenvalue weighted by Gasteiger charge is -1.90. The highest BCUT2D eigenvalue weighted by Crippen LogP contribution is 2.04. The van der Waals surface area contributed by atoms with Crippen molar-refractivity contribution in [1.29, 1.82) is 0 Å². The molecule has 0 spiro atoms. The highest BCUT2D eigenvalue weighted by molar-refractivity contribution is 5.93. The lowest BCUT2D eigenvalue weighted by Crippen LogP contribution is -2.16. The molecule has 0 atom stereocenters. The summed E-state index contributed by atoms with van der Waals surface area (Å²) in [5.74, 6) is 0.345. The second-order valence-corrected chi connectivity index (χ2v) is 1.88. The van der Waals surface area contributed by atoms with Gasteiger partial charge in [-0.2, -0.15) is 0 Å². The average Bonchev–Trinajstić information content (AvgIpc) is 2.34. The largest absolute Gasteiger partial charge is 0.468 e. The second kappa shape index (κ2) is 2.56. The SMILES string of the molecule is [CH2]c1cc(C(=O)NC)co1. The molecule has 1 N–H and O–H groups in total. The summed E-state index contributed by atoms with van der Waals surface area (Å²) in [5, 5.41) is 2.47. The first-order chi connectivity index (χ1) is 4.74. The van der Waals surface area contributed by atoms with E-state index < -0.39 is 0 Å². The van der Waals surface area contributed by atoms with Crippen molar-refractivity contribution in [1.82, 2.24) is 5.32 Å². The molecule has 3 heteroatoms. The Morgan fingerprint density at radius 1 is 1.80 bits per heavy atom. The second-order valence-electron chi connectivity index (χ2n) is 1.88. The first kappa shape index (κ1) is 6.86. The van der Waals surface area contributed by atoms with Gasteiger partial charge in [-0.25, -0.2) is 0 Å². The van der Waals surface area contributed by atoms with Crippen molar-refractivity contribution in [3.05, 3.63) is 30.6 Å². The number of hydrogen-bond donors (Lipinski definition) is 1. The van der Waals surface area contributed by atoms with Crippen molar-refractivity contribution in [2.75, 3.05) is 7.05 Å². The van der Waals surface area contributed by atoms with Crippen LogP contribution in [0.1, 0.15) is 16.1 Å². The number of amides is 1. The Labute approximate surface area is 59.0 Å². The predicted molar refractivity (Wildman–Crippen MR) is 36.6 cm³/mol. The zero-order chi connectivity index (χ0) is 7.56. The molecule has 0 aromatic carbocycles. The van der Waals surface area contributed by atoms with E-state index in [1.165, 1.54) is 6.26 Å². The van der Waals surface area contributed by atoms with Crippen LogP contribution in [-0.2, 0) is 0 Å². The zero-order valence-corrected chi connectivity index (χ0v) is 5.68. The normalized spacial score (nSPS) is 9.40. The molecule has 1 radical (unpaired) electrons. The van der Waals surface area contributed by atoms with Gasteiger partial charge in [0.05, 0.1) is 5.56 Å². The summed E-state index contributed by atoms with van der Waals surface area (Å²) in [4.78, 5) is 10.8.